The molecular formula is C31H37Cl2N3O6S. The second-order valence-electron chi connectivity index (χ2n) is 9.83. The molecule has 1 N–H and O–H groups in total. The Balaban J connectivity index is 2.18. The van der Waals surface area contributed by atoms with Crippen LogP contribution in [0.15, 0.2) is 71.6 Å². The number of hydrogen-bond donors (Lipinski definition) is 1. The molecule has 3 rings (SSSR count). The normalized spacial score (nSPS) is 12.6. The molecule has 43 heavy (non-hydrogen) atoms. The number of rotatable bonds is 14. The van der Waals surface area contributed by atoms with Crippen molar-refractivity contribution >= 4 is 50.7 Å². The van der Waals surface area contributed by atoms with Gasteiger partial charge in [-0.05, 0) is 56.2 Å². The highest BCUT2D eigenvalue weighted by molar-refractivity contribution is 7.92. The van der Waals surface area contributed by atoms with E-state index in [0.29, 0.717) is 27.8 Å². The zero-order valence-electron chi connectivity index (χ0n) is 24.8. The third kappa shape index (κ3) is 8.13. The first kappa shape index (κ1) is 34.0. The van der Waals surface area contributed by atoms with Crippen molar-refractivity contribution < 1.29 is 27.5 Å². The highest BCUT2D eigenvalue weighted by atomic mass is 35.5. The van der Waals surface area contributed by atoms with Gasteiger partial charge in [-0.15, -0.1) is 0 Å². The maximum atomic E-state index is 14.3. The van der Waals surface area contributed by atoms with E-state index in [1.54, 1.807) is 55.5 Å². The van der Waals surface area contributed by atoms with Crippen molar-refractivity contribution in [2.45, 2.75) is 57.1 Å². The number of methoxy groups -OCH3 is 2. The van der Waals surface area contributed by atoms with E-state index in [9.17, 15) is 18.0 Å². The van der Waals surface area contributed by atoms with Gasteiger partial charge in [-0.1, -0.05) is 61.3 Å². The first-order valence-corrected chi connectivity index (χ1v) is 16.0. The predicted octanol–water partition coefficient (Wildman–Crippen LogP) is 5.93. The minimum atomic E-state index is -4.31. The van der Waals surface area contributed by atoms with E-state index in [1.807, 2.05) is 13.8 Å². The molecule has 3 aromatic carbocycles. The van der Waals surface area contributed by atoms with Crippen molar-refractivity contribution in [1.29, 1.82) is 0 Å². The lowest BCUT2D eigenvalue weighted by atomic mass is 10.1. The lowest BCUT2D eigenvalue weighted by molar-refractivity contribution is -0.140. The highest BCUT2D eigenvalue weighted by Crippen LogP contribution is 2.36. The van der Waals surface area contributed by atoms with Crippen molar-refractivity contribution in [1.82, 2.24) is 10.2 Å². The maximum absolute atomic E-state index is 14.3. The maximum Gasteiger partial charge on any atom is 0.264 e. The van der Waals surface area contributed by atoms with E-state index >= 15 is 0 Å². The molecule has 0 fully saturated rings. The van der Waals surface area contributed by atoms with Crippen LogP contribution in [0.4, 0.5) is 5.69 Å². The van der Waals surface area contributed by atoms with Crippen LogP contribution >= 0.6 is 23.2 Å². The molecule has 0 aromatic heterocycles. The van der Waals surface area contributed by atoms with Gasteiger partial charge in [0.05, 0.1) is 24.8 Å². The minimum Gasteiger partial charge on any atom is -0.497 e. The molecule has 0 saturated heterocycles. The van der Waals surface area contributed by atoms with Crippen LogP contribution in [0.3, 0.4) is 0 Å². The van der Waals surface area contributed by atoms with Gasteiger partial charge in [0.15, 0.2) is 0 Å². The van der Waals surface area contributed by atoms with Crippen LogP contribution in [-0.2, 0) is 26.2 Å². The number of ether oxygens (including phenoxy) is 2. The fourth-order valence-electron chi connectivity index (χ4n) is 4.44. The molecule has 0 bridgehead atoms. The summed E-state index contributed by atoms with van der Waals surface area (Å²) in [4.78, 5) is 29.1. The van der Waals surface area contributed by atoms with Crippen LogP contribution in [0, 0.1) is 0 Å². The zero-order chi connectivity index (χ0) is 31.7. The van der Waals surface area contributed by atoms with Crippen molar-refractivity contribution in [2.75, 3.05) is 25.1 Å². The second kappa shape index (κ2) is 15.3. The van der Waals surface area contributed by atoms with Crippen LogP contribution in [0.2, 0.25) is 10.0 Å². The van der Waals surface area contributed by atoms with Crippen LogP contribution in [0.25, 0.3) is 0 Å². The number of amides is 2. The van der Waals surface area contributed by atoms with Gasteiger partial charge >= 0.3 is 0 Å². The number of nitrogens with one attached hydrogen (secondary N) is 1. The van der Waals surface area contributed by atoms with Gasteiger partial charge < -0.3 is 19.7 Å². The SMILES string of the molecule is CC[C@H](C(=O)N[C@@H](C)CC)N(Cc1c(Cl)cccc1Cl)C(=O)CN(c1cc(OC)ccc1OC)S(=O)(=O)c1ccccc1. The summed E-state index contributed by atoms with van der Waals surface area (Å²) in [6.45, 7) is 4.80. The minimum absolute atomic E-state index is 0.0325. The van der Waals surface area contributed by atoms with Crippen LogP contribution in [-0.4, -0.2) is 58.0 Å². The number of benzene rings is 3. The summed E-state index contributed by atoms with van der Waals surface area (Å²) in [5.74, 6) is -0.456. The third-order valence-corrected chi connectivity index (χ3v) is 9.52. The van der Waals surface area contributed by atoms with E-state index in [0.717, 1.165) is 4.31 Å². The molecule has 2 amide bonds. The smallest absolute Gasteiger partial charge is 0.264 e. The number of nitrogens with zero attached hydrogens (tertiary/aromatic N) is 2. The molecule has 0 heterocycles. The fraction of sp³-hybridized carbons (Fsp3) is 0.355. The third-order valence-electron chi connectivity index (χ3n) is 7.04. The van der Waals surface area contributed by atoms with Gasteiger partial charge in [-0.3, -0.25) is 13.9 Å². The van der Waals surface area contributed by atoms with Crippen molar-refractivity contribution in [3.63, 3.8) is 0 Å². The van der Waals surface area contributed by atoms with Crippen LogP contribution in [0.5, 0.6) is 11.5 Å². The van der Waals surface area contributed by atoms with E-state index < -0.39 is 28.5 Å². The Morgan fingerprint density at radius 1 is 0.907 bits per heavy atom. The molecule has 0 aliphatic rings. The predicted molar refractivity (Wildman–Crippen MR) is 170 cm³/mol. The Labute approximate surface area is 263 Å². The molecule has 0 spiro atoms. The molecule has 0 aliphatic carbocycles. The lowest BCUT2D eigenvalue weighted by Crippen LogP contribution is -2.53. The summed E-state index contributed by atoms with van der Waals surface area (Å²) in [7, 11) is -1.46. The summed E-state index contributed by atoms with van der Waals surface area (Å²) in [5, 5.41) is 3.56. The Kier molecular flexibility index (Phi) is 12.1. The summed E-state index contributed by atoms with van der Waals surface area (Å²) < 4.78 is 40.1. The fourth-order valence-corrected chi connectivity index (χ4v) is 6.39. The van der Waals surface area contributed by atoms with E-state index in [-0.39, 0.29) is 41.2 Å². The molecular weight excluding hydrogens is 613 g/mol. The van der Waals surface area contributed by atoms with Crippen molar-refractivity contribution in [3.05, 3.63) is 82.3 Å². The van der Waals surface area contributed by atoms with Gasteiger partial charge in [-0.2, -0.15) is 0 Å². The lowest BCUT2D eigenvalue weighted by Gasteiger charge is -2.34. The standard InChI is InChI=1S/C31H37Cl2N3O6S/c1-6-21(3)34-31(38)27(7-2)35(19-24-25(32)14-11-15-26(24)33)30(37)20-36(43(39,40)23-12-9-8-10-13-23)28-18-22(41-4)16-17-29(28)42-5/h8-18,21,27H,6-7,19-20H2,1-5H3,(H,34,38)/t21-,27+/m0/s1. The number of anilines is 1. The number of carbonyl (C=O) groups excluding carboxylic acids is 2. The van der Waals surface area contributed by atoms with Gasteiger partial charge in [0.1, 0.15) is 24.1 Å². The second-order valence-corrected chi connectivity index (χ2v) is 12.5. The van der Waals surface area contributed by atoms with Gasteiger partial charge in [-0.25, -0.2) is 8.42 Å². The monoisotopic (exact) mass is 649 g/mol. The number of hydrogen-bond acceptors (Lipinski definition) is 6. The summed E-state index contributed by atoms with van der Waals surface area (Å²) in [6, 6.07) is 16.3. The van der Waals surface area contributed by atoms with Crippen molar-refractivity contribution in [2.24, 2.45) is 0 Å². The van der Waals surface area contributed by atoms with E-state index in [1.165, 1.54) is 37.3 Å². The molecule has 0 saturated carbocycles. The van der Waals surface area contributed by atoms with Crippen molar-refractivity contribution in [3.8, 4) is 11.5 Å². The summed E-state index contributed by atoms with van der Waals surface area (Å²) in [6.07, 6.45) is 0.940. The average molecular weight is 651 g/mol. The Hall–Kier alpha value is -3.47. The first-order valence-electron chi connectivity index (χ1n) is 13.8. The molecule has 12 heteroatoms. The quantitative estimate of drug-likeness (QED) is 0.232. The first-order chi connectivity index (χ1) is 20.5. The molecule has 9 nitrogen and oxygen atoms in total. The molecule has 0 unspecified atom stereocenters. The van der Waals surface area contributed by atoms with Gasteiger partial charge in [0.2, 0.25) is 11.8 Å². The molecule has 0 radical (unpaired) electrons. The number of carbonyl (C=O) groups is 2. The molecule has 232 valence electrons. The molecule has 2 atom stereocenters. The largest absolute Gasteiger partial charge is 0.497 e. The Morgan fingerprint density at radius 3 is 2.12 bits per heavy atom. The average Bonchev–Trinajstić information content (AvgIpc) is 3.00. The molecule has 0 aliphatic heterocycles. The summed E-state index contributed by atoms with van der Waals surface area (Å²) in [5.41, 5.74) is 0.525. The van der Waals surface area contributed by atoms with Gasteiger partial charge in [0.25, 0.3) is 10.0 Å². The number of sulfonamides is 1. The Bertz CT molecular complexity index is 1500. The number of halogens is 2. The zero-order valence-corrected chi connectivity index (χ0v) is 27.2. The van der Waals surface area contributed by atoms with E-state index in [4.69, 9.17) is 32.7 Å². The van der Waals surface area contributed by atoms with Gasteiger partial charge in [0, 0.05) is 34.3 Å². The topological polar surface area (TPSA) is 105 Å². The summed E-state index contributed by atoms with van der Waals surface area (Å²) >= 11 is 13.0. The molecule has 3 aromatic rings. The van der Waals surface area contributed by atoms with Crippen LogP contribution in [0.1, 0.15) is 39.2 Å². The van der Waals surface area contributed by atoms with E-state index in [2.05, 4.69) is 5.32 Å². The highest BCUT2D eigenvalue weighted by Gasteiger charge is 2.35. The Morgan fingerprint density at radius 2 is 1.56 bits per heavy atom. The van der Waals surface area contributed by atoms with Crippen LogP contribution < -0.4 is 19.1 Å².